The topological polar surface area (TPSA) is 71.3 Å². The van der Waals surface area contributed by atoms with Crippen LogP contribution in [0.25, 0.3) is 0 Å². The Hall–Kier alpha value is -2.08. The van der Waals surface area contributed by atoms with Crippen molar-refractivity contribution >= 4 is 22.9 Å². The monoisotopic (exact) mass is 289 g/mol. The first-order chi connectivity index (χ1) is 10.1. The molecule has 0 bridgehead atoms. The number of hydrogen-bond donors (Lipinski definition) is 0. The molecule has 1 saturated heterocycles. The second-order valence-electron chi connectivity index (χ2n) is 4.96. The summed E-state index contributed by atoms with van der Waals surface area (Å²) in [5, 5.41) is 7.80. The van der Waals surface area contributed by atoms with Crippen molar-refractivity contribution in [2.75, 3.05) is 31.2 Å². The first-order valence-corrected chi connectivity index (χ1v) is 6.92. The van der Waals surface area contributed by atoms with E-state index in [1.165, 1.54) is 13.8 Å². The van der Waals surface area contributed by atoms with Gasteiger partial charge in [-0.3, -0.25) is 9.59 Å². The maximum absolute atomic E-state index is 11.3. The van der Waals surface area contributed by atoms with Crippen LogP contribution in [0.15, 0.2) is 34.5 Å². The summed E-state index contributed by atoms with van der Waals surface area (Å²) < 4.78 is 5.32. The Morgan fingerprint density at radius 1 is 1.10 bits per heavy atom. The zero-order chi connectivity index (χ0) is 15.2. The fraction of sp³-hybridized carbons (Fsp3) is 0.467. The number of nitrogens with zero attached hydrogens (tertiary/aromatic N) is 3. The van der Waals surface area contributed by atoms with Gasteiger partial charge in [0.1, 0.15) is 0 Å². The first-order valence-electron chi connectivity index (χ1n) is 6.92. The maximum atomic E-state index is 11.3. The molecule has 1 aromatic rings. The number of anilines is 1. The molecule has 1 heterocycles. The largest absolute Gasteiger partial charge is 0.378 e. The van der Waals surface area contributed by atoms with Gasteiger partial charge in [-0.15, -0.1) is 0 Å². The lowest BCUT2D eigenvalue weighted by molar-refractivity contribution is -0.126. The average Bonchev–Trinajstić information content (AvgIpc) is 2.48. The van der Waals surface area contributed by atoms with Gasteiger partial charge in [-0.05, 0) is 38.1 Å². The van der Waals surface area contributed by atoms with Gasteiger partial charge < -0.3 is 9.64 Å². The molecule has 112 valence electrons. The van der Waals surface area contributed by atoms with Crippen LogP contribution in [0.1, 0.15) is 13.8 Å². The Morgan fingerprint density at radius 2 is 1.67 bits per heavy atom. The zero-order valence-corrected chi connectivity index (χ0v) is 12.3. The average molecular weight is 289 g/mol. The summed E-state index contributed by atoms with van der Waals surface area (Å²) in [5.41, 5.74) is 1.73. The van der Waals surface area contributed by atoms with Crippen molar-refractivity contribution in [1.29, 1.82) is 0 Å². The molecule has 0 saturated carbocycles. The van der Waals surface area contributed by atoms with Crippen LogP contribution in [0.2, 0.25) is 0 Å². The molecule has 1 aliphatic heterocycles. The molecule has 0 radical (unpaired) electrons. The smallest absolute Gasteiger partial charge is 0.187 e. The predicted octanol–water partition coefficient (Wildman–Crippen LogP) is 2.15. The Kier molecular flexibility index (Phi) is 5.16. The number of ether oxygens (including phenoxy) is 1. The molecule has 6 nitrogen and oxygen atoms in total. The molecule has 6 heteroatoms. The van der Waals surface area contributed by atoms with Gasteiger partial charge in [-0.2, -0.15) is 10.2 Å². The Bertz CT molecular complexity index is 520. The van der Waals surface area contributed by atoms with E-state index in [1.54, 1.807) is 0 Å². The van der Waals surface area contributed by atoms with Crippen molar-refractivity contribution in [3.63, 3.8) is 0 Å². The summed E-state index contributed by atoms with van der Waals surface area (Å²) >= 11 is 0. The standard InChI is InChI=1S/C15H19N3O3/c1-11(19)15(12(2)20)17-16-13-3-5-14(6-4-13)18-7-9-21-10-8-18/h3-6,15H,7-10H2,1-2H3. The van der Waals surface area contributed by atoms with Crippen LogP contribution in [0.5, 0.6) is 0 Å². The second-order valence-corrected chi connectivity index (χ2v) is 4.96. The minimum atomic E-state index is -0.996. The van der Waals surface area contributed by atoms with Crippen molar-refractivity contribution in [1.82, 2.24) is 0 Å². The highest BCUT2D eigenvalue weighted by atomic mass is 16.5. The van der Waals surface area contributed by atoms with E-state index >= 15 is 0 Å². The number of benzene rings is 1. The van der Waals surface area contributed by atoms with Crippen molar-refractivity contribution in [2.45, 2.75) is 19.9 Å². The molecule has 0 aliphatic carbocycles. The van der Waals surface area contributed by atoms with E-state index in [4.69, 9.17) is 4.74 Å². The van der Waals surface area contributed by atoms with Crippen LogP contribution in [-0.4, -0.2) is 43.9 Å². The van der Waals surface area contributed by atoms with Gasteiger partial charge in [-0.1, -0.05) is 0 Å². The number of azo groups is 1. The Labute approximate surface area is 123 Å². The van der Waals surface area contributed by atoms with Gasteiger partial charge in [-0.25, -0.2) is 0 Å². The van der Waals surface area contributed by atoms with E-state index in [0.717, 1.165) is 32.0 Å². The molecule has 2 rings (SSSR count). The molecule has 1 aliphatic rings. The van der Waals surface area contributed by atoms with Crippen LogP contribution < -0.4 is 4.90 Å². The SMILES string of the molecule is CC(=O)C(N=Nc1ccc(N2CCOCC2)cc1)C(C)=O. The van der Waals surface area contributed by atoms with Gasteiger partial charge in [0.15, 0.2) is 17.6 Å². The van der Waals surface area contributed by atoms with Gasteiger partial charge in [0.2, 0.25) is 0 Å². The normalized spacial score (nSPS) is 15.7. The highest BCUT2D eigenvalue weighted by Gasteiger charge is 2.18. The fourth-order valence-corrected chi connectivity index (χ4v) is 2.12. The molecule has 0 N–H and O–H groups in total. The quantitative estimate of drug-likeness (QED) is 0.615. The molecule has 1 fully saturated rings. The van der Waals surface area contributed by atoms with Gasteiger partial charge in [0, 0.05) is 18.8 Å². The summed E-state index contributed by atoms with van der Waals surface area (Å²) in [6.07, 6.45) is 0. The van der Waals surface area contributed by atoms with Gasteiger partial charge in [0.25, 0.3) is 0 Å². The maximum Gasteiger partial charge on any atom is 0.187 e. The van der Waals surface area contributed by atoms with E-state index in [-0.39, 0.29) is 11.6 Å². The van der Waals surface area contributed by atoms with Crippen LogP contribution in [0.4, 0.5) is 11.4 Å². The number of rotatable bonds is 5. The number of carbonyl (C=O) groups excluding carboxylic acids is 2. The first kappa shape index (κ1) is 15.3. The molecule has 0 spiro atoms. The zero-order valence-electron chi connectivity index (χ0n) is 12.3. The fourth-order valence-electron chi connectivity index (χ4n) is 2.12. The molecule has 0 atom stereocenters. The molecule has 0 unspecified atom stereocenters. The number of morpholine rings is 1. The number of ketones is 2. The number of carbonyl (C=O) groups is 2. The lowest BCUT2D eigenvalue weighted by atomic mass is 10.1. The molecule has 1 aromatic carbocycles. The van der Waals surface area contributed by atoms with E-state index in [1.807, 2.05) is 24.3 Å². The van der Waals surface area contributed by atoms with E-state index in [2.05, 4.69) is 15.1 Å². The van der Waals surface area contributed by atoms with Crippen molar-refractivity contribution in [3.8, 4) is 0 Å². The molecule has 0 amide bonds. The Morgan fingerprint density at radius 3 is 2.19 bits per heavy atom. The van der Waals surface area contributed by atoms with E-state index in [9.17, 15) is 9.59 Å². The minimum absolute atomic E-state index is 0.295. The summed E-state index contributed by atoms with van der Waals surface area (Å²) in [5.74, 6) is -0.590. The molecule has 0 aromatic heterocycles. The van der Waals surface area contributed by atoms with Crippen LogP contribution in [-0.2, 0) is 14.3 Å². The van der Waals surface area contributed by atoms with Crippen LogP contribution in [0.3, 0.4) is 0 Å². The van der Waals surface area contributed by atoms with Gasteiger partial charge >= 0.3 is 0 Å². The lowest BCUT2D eigenvalue weighted by Gasteiger charge is -2.28. The highest BCUT2D eigenvalue weighted by molar-refractivity contribution is 6.04. The van der Waals surface area contributed by atoms with Crippen LogP contribution in [0, 0.1) is 0 Å². The summed E-state index contributed by atoms with van der Waals surface area (Å²) in [4.78, 5) is 24.8. The lowest BCUT2D eigenvalue weighted by Crippen LogP contribution is -2.36. The number of hydrogen-bond acceptors (Lipinski definition) is 6. The minimum Gasteiger partial charge on any atom is -0.378 e. The summed E-state index contributed by atoms with van der Waals surface area (Å²) in [6.45, 7) is 5.90. The molecular weight excluding hydrogens is 270 g/mol. The van der Waals surface area contributed by atoms with E-state index < -0.39 is 6.04 Å². The predicted molar refractivity (Wildman–Crippen MR) is 79.1 cm³/mol. The molecule has 21 heavy (non-hydrogen) atoms. The summed E-state index contributed by atoms with van der Waals surface area (Å²) in [6, 6.07) is 6.56. The third-order valence-corrected chi connectivity index (χ3v) is 3.28. The number of Topliss-reactive ketones (excluding diaryl/α,β-unsaturated/α-hetero) is 2. The highest BCUT2D eigenvalue weighted by Crippen LogP contribution is 2.21. The third kappa shape index (κ3) is 4.19. The van der Waals surface area contributed by atoms with Crippen molar-refractivity contribution < 1.29 is 14.3 Å². The van der Waals surface area contributed by atoms with Crippen LogP contribution >= 0.6 is 0 Å². The van der Waals surface area contributed by atoms with Gasteiger partial charge in [0.05, 0.1) is 18.9 Å². The Balaban J connectivity index is 2.04. The van der Waals surface area contributed by atoms with Crippen molar-refractivity contribution in [3.05, 3.63) is 24.3 Å². The molecular formula is C15H19N3O3. The van der Waals surface area contributed by atoms with Crippen molar-refractivity contribution in [2.24, 2.45) is 10.2 Å². The second kappa shape index (κ2) is 7.08. The van der Waals surface area contributed by atoms with E-state index in [0.29, 0.717) is 5.69 Å². The third-order valence-electron chi connectivity index (χ3n) is 3.28. The summed E-state index contributed by atoms with van der Waals surface area (Å²) in [7, 11) is 0.